The first-order valence-electron chi connectivity index (χ1n) is 9.16. The molecule has 0 spiro atoms. The number of ether oxygens (including phenoxy) is 3. The van der Waals surface area contributed by atoms with Crippen molar-refractivity contribution >= 4 is 23.2 Å². The molecule has 2 aromatic carbocycles. The molecule has 0 bridgehead atoms. The Morgan fingerprint density at radius 3 is 2.50 bits per heavy atom. The van der Waals surface area contributed by atoms with E-state index in [0.717, 1.165) is 18.5 Å². The summed E-state index contributed by atoms with van der Waals surface area (Å²) < 4.78 is 16.2. The van der Waals surface area contributed by atoms with Gasteiger partial charge in [0.25, 0.3) is 5.91 Å². The average molecular weight is 384 g/mol. The second-order valence-corrected chi connectivity index (χ2v) is 6.38. The molecule has 1 fully saturated rings. The average Bonchev–Trinajstić information content (AvgIpc) is 2.73. The molecule has 7 heteroatoms. The predicted octanol–water partition coefficient (Wildman–Crippen LogP) is 3.24. The molecule has 2 aromatic rings. The van der Waals surface area contributed by atoms with E-state index in [4.69, 9.17) is 14.2 Å². The zero-order chi connectivity index (χ0) is 19.9. The maximum absolute atomic E-state index is 12.2. The van der Waals surface area contributed by atoms with Gasteiger partial charge in [0, 0.05) is 24.7 Å². The summed E-state index contributed by atoms with van der Waals surface area (Å²) in [5.41, 5.74) is 1.29. The van der Waals surface area contributed by atoms with Crippen LogP contribution in [0.4, 0.5) is 11.4 Å². The van der Waals surface area contributed by atoms with Crippen molar-refractivity contribution in [2.75, 3.05) is 37.6 Å². The molecule has 0 radical (unpaired) electrons. The Balaban J connectivity index is 1.65. The second-order valence-electron chi connectivity index (χ2n) is 6.38. The van der Waals surface area contributed by atoms with E-state index >= 15 is 0 Å². The van der Waals surface area contributed by atoms with Crippen LogP contribution in [0.3, 0.4) is 0 Å². The smallest absolute Gasteiger partial charge is 0.262 e. The zero-order valence-corrected chi connectivity index (χ0v) is 16.1. The van der Waals surface area contributed by atoms with E-state index in [9.17, 15) is 9.59 Å². The number of para-hydroxylation sites is 2. The van der Waals surface area contributed by atoms with Gasteiger partial charge >= 0.3 is 0 Å². The van der Waals surface area contributed by atoms with Gasteiger partial charge < -0.3 is 24.4 Å². The van der Waals surface area contributed by atoms with E-state index in [1.165, 1.54) is 0 Å². The first kappa shape index (κ1) is 19.5. The number of benzene rings is 2. The highest BCUT2D eigenvalue weighted by molar-refractivity contribution is 5.97. The lowest BCUT2D eigenvalue weighted by Crippen LogP contribution is -2.35. The number of rotatable bonds is 7. The molecule has 1 saturated heterocycles. The molecule has 2 amide bonds. The first-order chi connectivity index (χ1) is 13.6. The third-order valence-corrected chi connectivity index (χ3v) is 4.51. The monoisotopic (exact) mass is 384 g/mol. The predicted molar refractivity (Wildman–Crippen MR) is 106 cm³/mol. The van der Waals surface area contributed by atoms with Crippen LogP contribution in [0.5, 0.6) is 17.2 Å². The number of nitrogens with one attached hydrogen (secondary N) is 1. The quantitative estimate of drug-likeness (QED) is 0.793. The molecular formula is C21H24N2O5. The van der Waals surface area contributed by atoms with Gasteiger partial charge in [-0.3, -0.25) is 9.59 Å². The number of hydrogen-bond acceptors (Lipinski definition) is 5. The molecule has 148 valence electrons. The standard InChI is InChI=1S/C21H24N2O5/c1-26-17-7-3-4-8-18(17)28-14-20(24)22-15-10-11-16(19(13-15)27-2)23-12-6-5-9-21(23)25/h3-4,7-8,10-11,13H,5-6,9,12,14H2,1-2H3,(H,22,24). The Labute approximate surface area is 164 Å². The Kier molecular flexibility index (Phi) is 6.37. The van der Waals surface area contributed by atoms with Gasteiger partial charge in [-0.15, -0.1) is 0 Å². The molecule has 0 aromatic heterocycles. The van der Waals surface area contributed by atoms with E-state index in [2.05, 4.69) is 5.32 Å². The molecule has 7 nitrogen and oxygen atoms in total. The van der Waals surface area contributed by atoms with Crippen LogP contribution in [0, 0.1) is 0 Å². The largest absolute Gasteiger partial charge is 0.494 e. The topological polar surface area (TPSA) is 77.1 Å². The Bertz CT molecular complexity index is 852. The van der Waals surface area contributed by atoms with Gasteiger partial charge in [0.15, 0.2) is 18.1 Å². The van der Waals surface area contributed by atoms with Crippen LogP contribution in [0.2, 0.25) is 0 Å². The Hall–Kier alpha value is -3.22. The minimum absolute atomic E-state index is 0.0894. The molecule has 0 unspecified atom stereocenters. The van der Waals surface area contributed by atoms with Crippen molar-refractivity contribution < 1.29 is 23.8 Å². The number of hydrogen-bond donors (Lipinski definition) is 1. The lowest BCUT2D eigenvalue weighted by Gasteiger charge is -2.28. The van der Waals surface area contributed by atoms with Crippen LogP contribution in [0.15, 0.2) is 42.5 Å². The van der Waals surface area contributed by atoms with E-state index < -0.39 is 0 Å². The van der Waals surface area contributed by atoms with Crippen LogP contribution in [-0.2, 0) is 9.59 Å². The van der Waals surface area contributed by atoms with Gasteiger partial charge in [-0.2, -0.15) is 0 Å². The van der Waals surface area contributed by atoms with Crippen molar-refractivity contribution in [3.8, 4) is 17.2 Å². The van der Waals surface area contributed by atoms with Crippen molar-refractivity contribution in [2.24, 2.45) is 0 Å². The van der Waals surface area contributed by atoms with E-state index in [-0.39, 0.29) is 18.4 Å². The van der Waals surface area contributed by atoms with Crippen molar-refractivity contribution in [3.63, 3.8) is 0 Å². The SMILES string of the molecule is COc1ccccc1OCC(=O)Nc1ccc(N2CCCCC2=O)c(OC)c1. The summed E-state index contributed by atoms with van der Waals surface area (Å²) in [5, 5.41) is 2.78. The number of amides is 2. The highest BCUT2D eigenvalue weighted by Crippen LogP contribution is 2.33. The van der Waals surface area contributed by atoms with E-state index in [1.54, 1.807) is 55.5 Å². The van der Waals surface area contributed by atoms with Gasteiger partial charge in [0.05, 0.1) is 19.9 Å². The molecular weight excluding hydrogens is 360 g/mol. The first-order valence-corrected chi connectivity index (χ1v) is 9.16. The normalized spacial score (nSPS) is 13.8. The fourth-order valence-electron chi connectivity index (χ4n) is 3.12. The highest BCUT2D eigenvalue weighted by atomic mass is 16.5. The van der Waals surface area contributed by atoms with Crippen LogP contribution in [0.25, 0.3) is 0 Å². The second kappa shape index (κ2) is 9.12. The number of carbonyl (C=O) groups excluding carboxylic acids is 2. The fraction of sp³-hybridized carbons (Fsp3) is 0.333. The number of methoxy groups -OCH3 is 2. The molecule has 28 heavy (non-hydrogen) atoms. The van der Waals surface area contributed by atoms with Gasteiger partial charge in [-0.25, -0.2) is 0 Å². The summed E-state index contributed by atoms with van der Waals surface area (Å²) in [6.45, 7) is 0.517. The summed E-state index contributed by atoms with van der Waals surface area (Å²) in [6.07, 6.45) is 2.42. The van der Waals surface area contributed by atoms with Crippen LogP contribution in [0.1, 0.15) is 19.3 Å². The van der Waals surface area contributed by atoms with Crippen molar-refractivity contribution in [3.05, 3.63) is 42.5 Å². The van der Waals surface area contributed by atoms with Gasteiger partial charge in [0.2, 0.25) is 5.91 Å². The minimum Gasteiger partial charge on any atom is -0.494 e. The van der Waals surface area contributed by atoms with Crippen molar-refractivity contribution in [1.82, 2.24) is 0 Å². The Morgan fingerprint density at radius 2 is 1.79 bits per heavy atom. The summed E-state index contributed by atoms with van der Waals surface area (Å²) in [4.78, 5) is 26.1. The molecule has 1 aliphatic heterocycles. The van der Waals surface area contributed by atoms with E-state index in [1.807, 2.05) is 6.07 Å². The maximum Gasteiger partial charge on any atom is 0.262 e. The molecule has 1 aliphatic rings. The number of piperidine rings is 1. The highest BCUT2D eigenvalue weighted by Gasteiger charge is 2.22. The zero-order valence-electron chi connectivity index (χ0n) is 16.1. The van der Waals surface area contributed by atoms with Crippen molar-refractivity contribution in [2.45, 2.75) is 19.3 Å². The number of nitrogens with zero attached hydrogens (tertiary/aromatic N) is 1. The summed E-state index contributed by atoms with van der Waals surface area (Å²) in [7, 11) is 3.09. The lowest BCUT2D eigenvalue weighted by molar-refractivity contribution is -0.119. The summed E-state index contributed by atoms with van der Waals surface area (Å²) in [5.74, 6) is 1.38. The van der Waals surface area contributed by atoms with Gasteiger partial charge in [-0.05, 0) is 37.1 Å². The molecule has 0 saturated carbocycles. The molecule has 0 atom stereocenters. The summed E-state index contributed by atoms with van der Waals surface area (Å²) >= 11 is 0. The fourth-order valence-corrected chi connectivity index (χ4v) is 3.12. The third kappa shape index (κ3) is 4.54. The van der Waals surface area contributed by atoms with Gasteiger partial charge in [0.1, 0.15) is 5.75 Å². The molecule has 0 aliphatic carbocycles. The summed E-state index contributed by atoms with van der Waals surface area (Å²) in [6, 6.07) is 12.4. The molecule has 1 N–H and O–H groups in total. The molecule has 1 heterocycles. The maximum atomic E-state index is 12.2. The van der Waals surface area contributed by atoms with Crippen LogP contribution < -0.4 is 24.4 Å². The molecule has 3 rings (SSSR count). The Morgan fingerprint density at radius 1 is 1.04 bits per heavy atom. The lowest BCUT2D eigenvalue weighted by atomic mass is 10.1. The minimum atomic E-state index is -0.310. The van der Waals surface area contributed by atoms with Crippen LogP contribution >= 0.6 is 0 Å². The van der Waals surface area contributed by atoms with E-state index in [0.29, 0.717) is 35.9 Å². The third-order valence-electron chi connectivity index (χ3n) is 4.51. The van der Waals surface area contributed by atoms with Crippen LogP contribution in [-0.4, -0.2) is 39.2 Å². The van der Waals surface area contributed by atoms with Crippen molar-refractivity contribution in [1.29, 1.82) is 0 Å². The van der Waals surface area contributed by atoms with Gasteiger partial charge in [-0.1, -0.05) is 12.1 Å². The number of carbonyl (C=O) groups is 2. The number of anilines is 2.